The SMILES string of the molecule is CC/C(=C\C(=O)O)c1cc(C)c(C)cc1F. The van der Waals surface area contributed by atoms with Crippen molar-refractivity contribution in [3.63, 3.8) is 0 Å². The van der Waals surface area contributed by atoms with E-state index in [1.54, 1.807) is 6.07 Å². The molecule has 3 heteroatoms. The highest BCUT2D eigenvalue weighted by Gasteiger charge is 2.09. The van der Waals surface area contributed by atoms with Crippen LogP contribution in [0.4, 0.5) is 4.39 Å². The van der Waals surface area contributed by atoms with E-state index in [1.807, 2.05) is 20.8 Å². The number of hydrogen-bond donors (Lipinski definition) is 1. The smallest absolute Gasteiger partial charge is 0.328 e. The van der Waals surface area contributed by atoms with Crippen molar-refractivity contribution in [2.75, 3.05) is 0 Å². The fraction of sp³-hybridized carbons (Fsp3) is 0.308. The van der Waals surface area contributed by atoms with E-state index in [0.29, 0.717) is 17.6 Å². The molecule has 0 fully saturated rings. The van der Waals surface area contributed by atoms with Crippen LogP contribution in [0.1, 0.15) is 30.0 Å². The van der Waals surface area contributed by atoms with Gasteiger partial charge in [0.2, 0.25) is 0 Å². The molecule has 86 valence electrons. The summed E-state index contributed by atoms with van der Waals surface area (Å²) in [6, 6.07) is 3.14. The second kappa shape index (κ2) is 4.92. The number of aliphatic carboxylic acids is 1. The fourth-order valence-corrected chi connectivity index (χ4v) is 1.55. The van der Waals surface area contributed by atoms with Crippen LogP contribution in [0.3, 0.4) is 0 Å². The third kappa shape index (κ3) is 2.69. The molecule has 0 aromatic heterocycles. The molecule has 0 amide bonds. The molecule has 1 N–H and O–H groups in total. The Morgan fingerprint density at radius 3 is 2.44 bits per heavy atom. The molecule has 0 bridgehead atoms. The summed E-state index contributed by atoms with van der Waals surface area (Å²) in [6.45, 7) is 5.52. The second-order valence-electron chi connectivity index (χ2n) is 3.78. The summed E-state index contributed by atoms with van der Waals surface area (Å²) in [5, 5.41) is 8.69. The van der Waals surface area contributed by atoms with Gasteiger partial charge in [-0.25, -0.2) is 9.18 Å². The van der Waals surface area contributed by atoms with Crippen molar-refractivity contribution in [1.82, 2.24) is 0 Å². The van der Waals surface area contributed by atoms with E-state index in [1.165, 1.54) is 6.07 Å². The first-order chi connectivity index (χ1) is 7.45. The third-order valence-corrected chi connectivity index (χ3v) is 2.61. The van der Waals surface area contributed by atoms with Crippen molar-refractivity contribution in [2.24, 2.45) is 0 Å². The molecule has 0 aliphatic carbocycles. The number of benzene rings is 1. The van der Waals surface area contributed by atoms with Crippen LogP contribution in [-0.4, -0.2) is 11.1 Å². The van der Waals surface area contributed by atoms with Crippen molar-refractivity contribution >= 4 is 11.5 Å². The lowest BCUT2D eigenvalue weighted by atomic mass is 9.98. The van der Waals surface area contributed by atoms with Crippen molar-refractivity contribution in [2.45, 2.75) is 27.2 Å². The van der Waals surface area contributed by atoms with Crippen molar-refractivity contribution in [3.05, 3.63) is 40.7 Å². The highest BCUT2D eigenvalue weighted by molar-refractivity contribution is 5.90. The lowest BCUT2D eigenvalue weighted by molar-refractivity contribution is -0.131. The van der Waals surface area contributed by atoms with E-state index < -0.39 is 5.97 Å². The van der Waals surface area contributed by atoms with E-state index >= 15 is 0 Å². The van der Waals surface area contributed by atoms with E-state index in [9.17, 15) is 9.18 Å². The van der Waals surface area contributed by atoms with Gasteiger partial charge in [-0.1, -0.05) is 6.92 Å². The Bertz CT molecular complexity index is 447. The molecule has 16 heavy (non-hydrogen) atoms. The maximum absolute atomic E-state index is 13.7. The van der Waals surface area contributed by atoms with Crippen LogP contribution in [0.2, 0.25) is 0 Å². The molecular formula is C13H15FO2. The summed E-state index contributed by atoms with van der Waals surface area (Å²) in [6.07, 6.45) is 1.55. The highest BCUT2D eigenvalue weighted by atomic mass is 19.1. The van der Waals surface area contributed by atoms with E-state index in [2.05, 4.69) is 0 Å². The van der Waals surface area contributed by atoms with Crippen molar-refractivity contribution in [3.8, 4) is 0 Å². The van der Waals surface area contributed by atoms with Gasteiger partial charge in [-0.3, -0.25) is 0 Å². The summed E-state index contributed by atoms with van der Waals surface area (Å²) in [5.41, 5.74) is 2.72. The topological polar surface area (TPSA) is 37.3 Å². The van der Waals surface area contributed by atoms with Gasteiger partial charge in [-0.05, 0) is 49.1 Å². The fourth-order valence-electron chi connectivity index (χ4n) is 1.55. The van der Waals surface area contributed by atoms with Crippen LogP contribution in [0.15, 0.2) is 18.2 Å². The number of carboxylic acids is 1. The van der Waals surface area contributed by atoms with E-state index in [0.717, 1.165) is 17.2 Å². The Balaban J connectivity index is 3.31. The van der Waals surface area contributed by atoms with Crippen LogP contribution in [-0.2, 0) is 4.79 Å². The molecule has 0 spiro atoms. The Labute approximate surface area is 94.4 Å². The summed E-state index contributed by atoms with van der Waals surface area (Å²) in [4.78, 5) is 10.6. The zero-order valence-electron chi connectivity index (χ0n) is 9.67. The molecule has 0 aliphatic heterocycles. The number of allylic oxidation sites excluding steroid dienone is 1. The molecule has 1 aromatic rings. The Morgan fingerprint density at radius 2 is 1.94 bits per heavy atom. The maximum Gasteiger partial charge on any atom is 0.328 e. The zero-order chi connectivity index (χ0) is 12.3. The van der Waals surface area contributed by atoms with Crippen LogP contribution in [0.25, 0.3) is 5.57 Å². The second-order valence-corrected chi connectivity index (χ2v) is 3.78. The van der Waals surface area contributed by atoms with Gasteiger partial charge in [0.15, 0.2) is 0 Å². The molecule has 0 aliphatic rings. The largest absolute Gasteiger partial charge is 0.478 e. The minimum absolute atomic E-state index is 0.363. The zero-order valence-corrected chi connectivity index (χ0v) is 9.67. The molecule has 0 heterocycles. The molecule has 0 unspecified atom stereocenters. The molecule has 0 saturated heterocycles. The Morgan fingerprint density at radius 1 is 1.38 bits per heavy atom. The molecule has 1 rings (SSSR count). The van der Waals surface area contributed by atoms with Gasteiger partial charge >= 0.3 is 5.97 Å². The van der Waals surface area contributed by atoms with Gasteiger partial charge in [0.25, 0.3) is 0 Å². The van der Waals surface area contributed by atoms with Gasteiger partial charge in [-0.15, -0.1) is 0 Å². The number of hydrogen-bond acceptors (Lipinski definition) is 1. The van der Waals surface area contributed by atoms with Crippen molar-refractivity contribution < 1.29 is 14.3 Å². The van der Waals surface area contributed by atoms with Gasteiger partial charge in [0.05, 0.1) is 0 Å². The average Bonchev–Trinajstić information content (AvgIpc) is 2.20. The average molecular weight is 222 g/mol. The standard InChI is InChI=1S/C13H15FO2/c1-4-10(7-13(15)16)11-5-8(2)9(3)6-12(11)14/h5-7H,4H2,1-3H3,(H,15,16)/b10-7+. The van der Waals surface area contributed by atoms with Crippen LogP contribution in [0, 0.1) is 19.7 Å². The quantitative estimate of drug-likeness (QED) is 0.796. The Kier molecular flexibility index (Phi) is 3.82. The normalized spacial score (nSPS) is 11.6. The first-order valence-electron chi connectivity index (χ1n) is 5.16. The third-order valence-electron chi connectivity index (χ3n) is 2.61. The molecule has 0 atom stereocenters. The highest BCUT2D eigenvalue weighted by Crippen LogP contribution is 2.24. The Hall–Kier alpha value is -1.64. The van der Waals surface area contributed by atoms with E-state index in [4.69, 9.17) is 5.11 Å². The molecule has 0 saturated carbocycles. The van der Waals surface area contributed by atoms with E-state index in [-0.39, 0.29) is 5.82 Å². The molecule has 1 aromatic carbocycles. The van der Waals surface area contributed by atoms with Crippen LogP contribution >= 0.6 is 0 Å². The predicted molar refractivity (Wildman–Crippen MR) is 61.8 cm³/mol. The van der Waals surface area contributed by atoms with Gasteiger partial charge in [0.1, 0.15) is 5.82 Å². The monoisotopic (exact) mass is 222 g/mol. The number of aryl methyl sites for hydroxylation is 2. The van der Waals surface area contributed by atoms with Gasteiger partial charge < -0.3 is 5.11 Å². The summed E-state index contributed by atoms with van der Waals surface area (Å²) >= 11 is 0. The van der Waals surface area contributed by atoms with Crippen LogP contribution < -0.4 is 0 Å². The number of carbonyl (C=O) groups is 1. The summed E-state index contributed by atoms with van der Waals surface area (Å²) in [7, 11) is 0. The van der Waals surface area contributed by atoms with Gasteiger partial charge in [0, 0.05) is 11.6 Å². The molecular weight excluding hydrogens is 207 g/mol. The molecule has 0 radical (unpaired) electrons. The molecule has 2 nitrogen and oxygen atoms in total. The lowest BCUT2D eigenvalue weighted by Gasteiger charge is -2.09. The number of rotatable bonds is 3. The van der Waals surface area contributed by atoms with Crippen molar-refractivity contribution in [1.29, 1.82) is 0 Å². The predicted octanol–water partition coefficient (Wildman–Crippen LogP) is 3.32. The lowest BCUT2D eigenvalue weighted by Crippen LogP contribution is -1.97. The number of halogens is 1. The maximum atomic E-state index is 13.7. The summed E-state index contributed by atoms with van der Waals surface area (Å²) in [5.74, 6) is -1.41. The van der Waals surface area contributed by atoms with Gasteiger partial charge in [-0.2, -0.15) is 0 Å². The van der Waals surface area contributed by atoms with Crippen LogP contribution in [0.5, 0.6) is 0 Å². The minimum atomic E-state index is -1.05. The minimum Gasteiger partial charge on any atom is -0.478 e. The first-order valence-corrected chi connectivity index (χ1v) is 5.16. The number of carboxylic acid groups (broad SMARTS) is 1. The first kappa shape index (κ1) is 12.4. The summed E-state index contributed by atoms with van der Waals surface area (Å²) < 4.78 is 13.7.